The lowest BCUT2D eigenvalue weighted by Crippen LogP contribution is -2.24. The van der Waals surface area contributed by atoms with Crippen LogP contribution in [0.15, 0.2) is 71.4 Å². The van der Waals surface area contributed by atoms with Crippen molar-refractivity contribution >= 4 is 29.3 Å². The van der Waals surface area contributed by atoms with Gasteiger partial charge in [0.05, 0.1) is 18.3 Å². The van der Waals surface area contributed by atoms with Crippen LogP contribution in [0, 0.1) is 0 Å². The molecule has 1 amide bonds. The van der Waals surface area contributed by atoms with E-state index in [1.165, 1.54) is 7.11 Å². The molecule has 1 aliphatic rings. The highest BCUT2D eigenvalue weighted by Crippen LogP contribution is 2.35. The Labute approximate surface area is 159 Å². The molecule has 27 heavy (non-hydrogen) atoms. The van der Waals surface area contributed by atoms with Crippen LogP contribution in [0.1, 0.15) is 12.5 Å². The highest BCUT2D eigenvalue weighted by Gasteiger charge is 2.37. The van der Waals surface area contributed by atoms with Crippen molar-refractivity contribution in [1.82, 2.24) is 0 Å². The lowest BCUT2D eigenvalue weighted by Gasteiger charge is -2.17. The first-order valence-corrected chi connectivity index (χ1v) is 8.62. The topological polar surface area (TPSA) is 49.9 Å². The van der Waals surface area contributed by atoms with Crippen molar-refractivity contribution in [2.45, 2.75) is 6.92 Å². The monoisotopic (exact) mass is 362 g/mol. The van der Waals surface area contributed by atoms with Gasteiger partial charge < -0.3 is 9.64 Å². The van der Waals surface area contributed by atoms with Crippen molar-refractivity contribution in [3.63, 3.8) is 0 Å². The maximum absolute atomic E-state index is 13.1. The Kier molecular flexibility index (Phi) is 5.12. The zero-order valence-electron chi connectivity index (χ0n) is 15.9. The molecule has 2 aromatic carbocycles. The SMILES string of the molecule is COC(=O)C1=C(C)N(c2ccccc2)C(=O)/C1=C\c1ccc(N(C)C)cc1. The molecule has 0 aliphatic carbocycles. The zero-order chi connectivity index (χ0) is 19.6. The van der Waals surface area contributed by atoms with Crippen molar-refractivity contribution < 1.29 is 14.3 Å². The first kappa shape index (κ1) is 18.5. The minimum Gasteiger partial charge on any atom is -0.465 e. The first-order chi connectivity index (χ1) is 12.9. The van der Waals surface area contributed by atoms with Gasteiger partial charge in [0, 0.05) is 31.2 Å². The number of amides is 1. The molecule has 0 spiro atoms. The molecule has 0 saturated heterocycles. The van der Waals surface area contributed by atoms with Gasteiger partial charge in [0.1, 0.15) is 0 Å². The maximum Gasteiger partial charge on any atom is 0.340 e. The van der Waals surface area contributed by atoms with Crippen LogP contribution in [-0.4, -0.2) is 33.1 Å². The van der Waals surface area contributed by atoms with Crippen LogP contribution in [0.2, 0.25) is 0 Å². The van der Waals surface area contributed by atoms with E-state index in [2.05, 4.69) is 0 Å². The lowest BCUT2D eigenvalue weighted by atomic mass is 10.0. The van der Waals surface area contributed by atoms with Gasteiger partial charge in [-0.1, -0.05) is 30.3 Å². The summed E-state index contributed by atoms with van der Waals surface area (Å²) in [5.41, 5.74) is 3.81. The summed E-state index contributed by atoms with van der Waals surface area (Å²) in [7, 11) is 5.25. The molecule has 0 bridgehead atoms. The zero-order valence-corrected chi connectivity index (χ0v) is 15.9. The van der Waals surface area contributed by atoms with Crippen LogP contribution in [0.3, 0.4) is 0 Å². The number of carbonyl (C=O) groups is 2. The predicted molar refractivity (Wildman–Crippen MR) is 107 cm³/mol. The summed E-state index contributed by atoms with van der Waals surface area (Å²) < 4.78 is 4.93. The summed E-state index contributed by atoms with van der Waals surface area (Å²) in [5.74, 6) is -0.758. The highest BCUT2D eigenvalue weighted by atomic mass is 16.5. The van der Waals surface area contributed by atoms with Crippen molar-refractivity contribution in [3.05, 3.63) is 77.0 Å². The second kappa shape index (κ2) is 7.50. The van der Waals surface area contributed by atoms with Crippen LogP contribution < -0.4 is 9.80 Å². The van der Waals surface area contributed by atoms with E-state index in [9.17, 15) is 9.59 Å². The van der Waals surface area contributed by atoms with Gasteiger partial charge in [0.15, 0.2) is 0 Å². The summed E-state index contributed by atoms with van der Waals surface area (Å²) in [5, 5.41) is 0. The van der Waals surface area contributed by atoms with E-state index >= 15 is 0 Å². The van der Waals surface area contributed by atoms with Gasteiger partial charge in [-0.25, -0.2) is 4.79 Å². The molecule has 5 heteroatoms. The fraction of sp³-hybridized carbons (Fsp3) is 0.182. The molecule has 3 rings (SSSR count). The Morgan fingerprint density at radius 3 is 2.22 bits per heavy atom. The van der Waals surface area contributed by atoms with Gasteiger partial charge in [0.2, 0.25) is 0 Å². The molecule has 0 unspecified atom stereocenters. The molecule has 1 heterocycles. The fourth-order valence-corrected chi connectivity index (χ4v) is 3.10. The number of carbonyl (C=O) groups excluding carboxylic acids is 2. The number of benzene rings is 2. The number of nitrogens with zero attached hydrogens (tertiary/aromatic N) is 2. The summed E-state index contributed by atoms with van der Waals surface area (Å²) in [6.45, 7) is 1.76. The number of rotatable bonds is 4. The summed E-state index contributed by atoms with van der Waals surface area (Å²) >= 11 is 0. The van der Waals surface area contributed by atoms with Gasteiger partial charge in [-0.2, -0.15) is 0 Å². The number of hydrogen-bond acceptors (Lipinski definition) is 4. The maximum atomic E-state index is 13.1. The Morgan fingerprint density at radius 1 is 1.04 bits per heavy atom. The minimum absolute atomic E-state index is 0.240. The predicted octanol–water partition coefficient (Wildman–Crippen LogP) is 3.63. The van der Waals surface area contributed by atoms with Crippen molar-refractivity contribution in [2.75, 3.05) is 31.0 Å². The Balaban J connectivity index is 2.07. The molecule has 0 saturated carbocycles. The molecule has 0 aromatic heterocycles. The van der Waals surface area contributed by atoms with E-state index < -0.39 is 5.97 Å². The second-order valence-corrected chi connectivity index (χ2v) is 6.47. The number of methoxy groups -OCH3 is 1. The molecule has 0 atom stereocenters. The Morgan fingerprint density at radius 2 is 1.67 bits per heavy atom. The fourth-order valence-electron chi connectivity index (χ4n) is 3.10. The van der Waals surface area contributed by atoms with E-state index in [1.54, 1.807) is 17.9 Å². The molecule has 5 nitrogen and oxygen atoms in total. The molecule has 0 fully saturated rings. The molecule has 0 radical (unpaired) electrons. The third kappa shape index (κ3) is 3.49. The first-order valence-electron chi connectivity index (χ1n) is 8.62. The molecule has 0 N–H and O–H groups in total. The molecular formula is C22H22N2O3. The normalized spacial score (nSPS) is 15.5. The number of anilines is 2. The van der Waals surface area contributed by atoms with Crippen LogP contribution in [-0.2, 0) is 14.3 Å². The average molecular weight is 362 g/mol. The number of esters is 1. The van der Waals surface area contributed by atoms with Crippen molar-refractivity contribution in [3.8, 4) is 0 Å². The van der Waals surface area contributed by atoms with Crippen molar-refractivity contribution in [1.29, 1.82) is 0 Å². The van der Waals surface area contributed by atoms with Crippen LogP contribution in [0.4, 0.5) is 11.4 Å². The van der Waals surface area contributed by atoms with Gasteiger partial charge in [-0.3, -0.25) is 9.69 Å². The van der Waals surface area contributed by atoms with Gasteiger partial charge >= 0.3 is 5.97 Å². The van der Waals surface area contributed by atoms with E-state index in [4.69, 9.17) is 4.74 Å². The number of allylic oxidation sites excluding steroid dienone is 1. The summed E-state index contributed by atoms with van der Waals surface area (Å²) in [4.78, 5) is 29.1. The van der Waals surface area contributed by atoms with Crippen LogP contribution in [0.25, 0.3) is 6.08 Å². The summed E-state index contributed by atoms with van der Waals surface area (Å²) in [6.07, 6.45) is 1.74. The molecule has 138 valence electrons. The van der Waals surface area contributed by atoms with Crippen LogP contribution in [0.5, 0.6) is 0 Å². The largest absolute Gasteiger partial charge is 0.465 e. The Bertz CT molecular complexity index is 926. The highest BCUT2D eigenvalue weighted by molar-refractivity contribution is 6.23. The van der Waals surface area contributed by atoms with E-state index in [-0.39, 0.29) is 5.91 Å². The number of para-hydroxylation sites is 1. The van der Waals surface area contributed by atoms with E-state index in [0.29, 0.717) is 22.5 Å². The average Bonchev–Trinajstić information content (AvgIpc) is 2.92. The molecule has 1 aliphatic heterocycles. The standard InChI is InChI=1S/C22H22N2O3/c1-15-20(22(26)27-4)19(14-16-10-12-17(13-11-16)23(2)3)21(25)24(15)18-8-6-5-7-9-18/h5-14H,1-4H3/b19-14-. The third-order valence-corrected chi connectivity index (χ3v) is 4.52. The minimum atomic E-state index is -0.518. The Hall–Kier alpha value is -3.34. The van der Waals surface area contributed by atoms with Gasteiger partial charge in [0.25, 0.3) is 5.91 Å². The van der Waals surface area contributed by atoms with E-state index in [1.807, 2.05) is 73.6 Å². The van der Waals surface area contributed by atoms with Crippen molar-refractivity contribution in [2.24, 2.45) is 0 Å². The molecular weight excluding hydrogens is 340 g/mol. The van der Waals surface area contributed by atoms with E-state index in [0.717, 1.165) is 11.3 Å². The quantitative estimate of drug-likeness (QED) is 0.616. The number of ether oxygens (including phenoxy) is 1. The van der Waals surface area contributed by atoms with Gasteiger partial charge in [-0.15, -0.1) is 0 Å². The third-order valence-electron chi connectivity index (χ3n) is 4.52. The van der Waals surface area contributed by atoms with Gasteiger partial charge in [-0.05, 0) is 42.8 Å². The molecule has 2 aromatic rings. The number of hydrogen-bond donors (Lipinski definition) is 0. The second-order valence-electron chi connectivity index (χ2n) is 6.47. The summed E-state index contributed by atoms with van der Waals surface area (Å²) in [6, 6.07) is 17.1. The smallest absolute Gasteiger partial charge is 0.340 e. The van der Waals surface area contributed by atoms with Crippen LogP contribution >= 0.6 is 0 Å². The lowest BCUT2D eigenvalue weighted by molar-refractivity contribution is -0.136.